The Kier molecular flexibility index (Phi) is 7.55. The quantitative estimate of drug-likeness (QED) is 0.492. The fourth-order valence-corrected chi connectivity index (χ4v) is 3.70. The Bertz CT molecular complexity index is 1080. The van der Waals surface area contributed by atoms with Gasteiger partial charge in [-0.1, -0.05) is 38.1 Å². The van der Waals surface area contributed by atoms with Crippen LogP contribution < -0.4 is 20.7 Å². The number of benzene rings is 2. The number of carbonyl (C=O) groups excluding carboxylic acids is 4. The van der Waals surface area contributed by atoms with Gasteiger partial charge in [0.1, 0.15) is 17.8 Å². The van der Waals surface area contributed by atoms with E-state index in [-0.39, 0.29) is 18.4 Å². The summed E-state index contributed by atoms with van der Waals surface area (Å²) in [7, 11) is 1.54. The summed E-state index contributed by atoms with van der Waals surface area (Å²) in [6.07, 6.45) is 0.419. The molecule has 5 amide bonds. The van der Waals surface area contributed by atoms with Gasteiger partial charge in [-0.25, -0.2) is 4.79 Å². The number of ether oxygens (including phenoxy) is 1. The molecule has 0 spiro atoms. The first-order valence-corrected chi connectivity index (χ1v) is 11.1. The summed E-state index contributed by atoms with van der Waals surface area (Å²) < 4.78 is 5.13. The normalized spacial score (nSPS) is 17.5. The zero-order chi connectivity index (χ0) is 24.9. The largest absolute Gasteiger partial charge is 0.497 e. The van der Waals surface area contributed by atoms with E-state index in [0.717, 1.165) is 10.5 Å². The number of anilines is 1. The van der Waals surface area contributed by atoms with Crippen LogP contribution in [0.25, 0.3) is 0 Å². The van der Waals surface area contributed by atoms with Gasteiger partial charge in [0.2, 0.25) is 11.8 Å². The minimum absolute atomic E-state index is 0.0744. The van der Waals surface area contributed by atoms with Gasteiger partial charge in [-0.2, -0.15) is 0 Å². The highest BCUT2D eigenvalue weighted by atomic mass is 16.5. The highest BCUT2D eigenvalue weighted by molar-refractivity contribution is 6.09. The SMILES string of the molecule is COc1ccc(C2(C)NC(=O)N(CC(=O)NCc3cccc(NC(=O)CC(C)C)c3)C2=O)cc1. The first-order valence-electron chi connectivity index (χ1n) is 11.1. The summed E-state index contributed by atoms with van der Waals surface area (Å²) in [6, 6.07) is 13.3. The zero-order valence-electron chi connectivity index (χ0n) is 19.8. The van der Waals surface area contributed by atoms with Crippen molar-refractivity contribution in [3.8, 4) is 5.75 Å². The minimum atomic E-state index is -1.27. The molecule has 34 heavy (non-hydrogen) atoms. The van der Waals surface area contributed by atoms with Crippen molar-refractivity contribution in [3.63, 3.8) is 0 Å². The molecule has 3 rings (SSSR count). The third kappa shape index (κ3) is 5.72. The maximum Gasteiger partial charge on any atom is 0.325 e. The van der Waals surface area contributed by atoms with Crippen molar-refractivity contribution in [2.45, 2.75) is 39.3 Å². The van der Waals surface area contributed by atoms with Gasteiger partial charge in [-0.3, -0.25) is 19.3 Å². The van der Waals surface area contributed by atoms with Gasteiger partial charge in [-0.15, -0.1) is 0 Å². The lowest BCUT2D eigenvalue weighted by molar-refractivity contribution is -0.134. The van der Waals surface area contributed by atoms with Crippen LogP contribution in [0.4, 0.5) is 10.5 Å². The average molecular weight is 467 g/mol. The Morgan fingerprint density at radius 1 is 1.09 bits per heavy atom. The van der Waals surface area contributed by atoms with E-state index in [0.29, 0.717) is 23.4 Å². The Labute approximate surface area is 198 Å². The van der Waals surface area contributed by atoms with Crippen LogP contribution in [-0.4, -0.2) is 42.3 Å². The molecule has 9 heteroatoms. The monoisotopic (exact) mass is 466 g/mol. The smallest absolute Gasteiger partial charge is 0.325 e. The summed E-state index contributed by atoms with van der Waals surface area (Å²) >= 11 is 0. The maximum absolute atomic E-state index is 13.0. The van der Waals surface area contributed by atoms with Crippen molar-refractivity contribution < 1.29 is 23.9 Å². The van der Waals surface area contributed by atoms with Gasteiger partial charge in [0.25, 0.3) is 5.91 Å². The van der Waals surface area contributed by atoms with Crippen molar-refractivity contribution in [2.75, 3.05) is 19.0 Å². The number of carbonyl (C=O) groups is 4. The number of imide groups is 1. The number of rotatable bonds is 9. The summed E-state index contributed by atoms with van der Waals surface area (Å²) in [5.74, 6) is -0.178. The standard InChI is InChI=1S/C25H30N4O5/c1-16(2)12-21(30)27-19-7-5-6-17(13-19)14-26-22(31)15-29-23(32)25(3,28-24(29)33)18-8-10-20(34-4)11-9-18/h5-11,13,16H,12,14-15H2,1-4H3,(H,26,31)(H,27,30)(H,28,33). The topological polar surface area (TPSA) is 117 Å². The van der Waals surface area contributed by atoms with Crippen molar-refractivity contribution in [1.82, 2.24) is 15.5 Å². The van der Waals surface area contributed by atoms with Crippen molar-refractivity contribution in [1.29, 1.82) is 0 Å². The number of amides is 5. The fraction of sp³-hybridized carbons (Fsp3) is 0.360. The summed E-state index contributed by atoms with van der Waals surface area (Å²) in [4.78, 5) is 50.9. The Morgan fingerprint density at radius 2 is 1.79 bits per heavy atom. The number of nitrogens with one attached hydrogen (secondary N) is 3. The van der Waals surface area contributed by atoms with Gasteiger partial charge < -0.3 is 20.7 Å². The third-order valence-electron chi connectivity index (χ3n) is 5.54. The zero-order valence-corrected chi connectivity index (χ0v) is 19.8. The lowest BCUT2D eigenvalue weighted by atomic mass is 9.92. The van der Waals surface area contributed by atoms with E-state index in [4.69, 9.17) is 4.74 Å². The van der Waals surface area contributed by atoms with Crippen LogP contribution in [0.5, 0.6) is 5.75 Å². The molecule has 1 unspecified atom stereocenters. The van der Waals surface area contributed by atoms with E-state index < -0.39 is 29.9 Å². The van der Waals surface area contributed by atoms with E-state index >= 15 is 0 Å². The Balaban J connectivity index is 1.58. The number of nitrogens with zero attached hydrogens (tertiary/aromatic N) is 1. The van der Waals surface area contributed by atoms with E-state index in [1.54, 1.807) is 56.5 Å². The second kappa shape index (κ2) is 10.4. The van der Waals surface area contributed by atoms with Crippen molar-refractivity contribution in [3.05, 3.63) is 59.7 Å². The number of methoxy groups -OCH3 is 1. The predicted molar refractivity (Wildman–Crippen MR) is 127 cm³/mol. The van der Waals surface area contributed by atoms with Crippen LogP contribution in [0.15, 0.2) is 48.5 Å². The summed E-state index contributed by atoms with van der Waals surface area (Å²) in [6.45, 7) is 5.33. The molecule has 1 heterocycles. The van der Waals surface area contributed by atoms with E-state index in [1.807, 2.05) is 19.9 Å². The van der Waals surface area contributed by atoms with Crippen molar-refractivity contribution >= 4 is 29.4 Å². The Hall–Kier alpha value is -3.88. The highest BCUT2D eigenvalue weighted by Gasteiger charge is 2.49. The van der Waals surface area contributed by atoms with E-state index in [9.17, 15) is 19.2 Å². The molecule has 0 bridgehead atoms. The van der Waals surface area contributed by atoms with Crippen LogP contribution in [0.3, 0.4) is 0 Å². The van der Waals surface area contributed by atoms with Crippen LogP contribution in [-0.2, 0) is 26.5 Å². The molecule has 0 aliphatic carbocycles. The molecule has 2 aromatic carbocycles. The van der Waals surface area contributed by atoms with Crippen LogP contribution >= 0.6 is 0 Å². The van der Waals surface area contributed by atoms with Gasteiger partial charge in [0.15, 0.2) is 0 Å². The lowest BCUT2D eigenvalue weighted by Crippen LogP contribution is -2.43. The first-order chi connectivity index (χ1) is 16.1. The van der Waals surface area contributed by atoms with Crippen molar-refractivity contribution in [2.24, 2.45) is 5.92 Å². The fourth-order valence-electron chi connectivity index (χ4n) is 3.70. The van der Waals surface area contributed by atoms with Crippen LogP contribution in [0.2, 0.25) is 0 Å². The van der Waals surface area contributed by atoms with Gasteiger partial charge in [0.05, 0.1) is 7.11 Å². The molecular weight excluding hydrogens is 436 g/mol. The summed E-state index contributed by atoms with van der Waals surface area (Å²) in [5.41, 5.74) is 0.732. The van der Waals surface area contributed by atoms with Gasteiger partial charge in [0, 0.05) is 18.7 Å². The Morgan fingerprint density at radius 3 is 2.44 bits per heavy atom. The molecular formula is C25H30N4O5. The van der Waals surface area contributed by atoms with Gasteiger partial charge >= 0.3 is 6.03 Å². The molecule has 1 saturated heterocycles. The summed E-state index contributed by atoms with van der Waals surface area (Å²) in [5, 5.41) is 8.24. The molecule has 1 aliphatic rings. The molecule has 180 valence electrons. The first kappa shape index (κ1) is 24.8. The molecule has 1 atom stereocenters. The minimum Gasteiger partial charge on any atom is -0.497 e. The molecule has 2 aromatic rings. The maximum atomic E-state index is 13.0. The van der Waals surface area contributed by atoms with Crippen LogP contribution in [0, 0.1) is 5.92 Å². The molecule has 0 radical (unpaired) electrons. The van der Waals surface area contributed by atoms with Gasteiger partial charge in [-0.05, 0) is 48.2 Å². The van der Waals surface area contributed by atoms with Crippen LogP contribution in [0.1, 0.15) is 38.3 Å². The molecule has 0 aromatic heterocycles. The number of hydrogen-bond acceptors (Lipinski definition) is 5. The molecule has 0 saturated carbocycles. The second-order valence-electron chi connectivity index (χ2n) is 8.80. The highest BCUT2D eigenvalue weighted by Crippen LogP contribution is 2.29. The van der Waals surface area contributed by atoms with E-state index in [2.05, 4.69) is 16.0 Å². The second-order valence-corrected chi connectivity index (χ2v) is 8.80. The number of hydrogen-bond donors (Lipinski definition) is 3. The van der Waals surface area contributed by atoms with E-state index in [1.165, 1.54) is 0 Å². The molecule has 1 aliphatic heterocycles. The average Bonchev–Trinajstić information content (AvgIpc) is 3.01. The molecule has 9 nitrogen and oxygen atoms in total. The lowest BCUT2D eigenvalue weighted by Gasteiger charge is -2.22. The third-order valence-corrected chi connectivity index (χ3v) is 5.54. The number of urea groups is 1. The predicted octanol–water partition coefficient (Wildman–Crippen LogP) is 2.76. The molecule has 3 N–H and O–H groups in total. The molecule has 1 fully saturated rings.